The number of amides is 1. The lowest BCUT2D eigenvalue weighted by molar-refractivity contribution is -0.0355. The first-order valence-electron chi connectivity index (χ1n) is 13.9. The maximum atomic E-state index is 14.4. The van der Waals surface area contributed by atoms with Crippen LogP contribution in [0.5, 0.6) is 0 Å². The van der Waals surface area contributed by atoms with Gasteiger partial charge in [0.2, 0.25) is 0 Å². The summed E-state index contributed by atoms with van der Waals surface area (Å²) >= 11 is 0. The van der Waals surface area contributed by atoms with Crippen LogP contribution in [0.3, 0.4) is 0 Å². The first kappa shape index (κ1) is 31.7. The van der Waals surface area contributed by atoms with Gasteiger partial charge >= 0.3 is 11.8 Å². The second kappa shape index (κ2) is 17.9. The van der Waals surface area contributed by atoms with Crippen molar-refractivity contribution >= 4 is 11.9 Å². The molecule has 214 valence electrons. The van der Waals surface area contributed by atoms with E-state index in [-0.39, 0.29) is 6.61 Å². The number of carbonyl (C=O) groups is 1. The molecule has 3 N–H and O–H groups in total. The van der Waals surface area contributed by atoms with Gasteiger partial charge in [0.1, 0.15) is 12.2 Å². The lowest BCUT2D eigenvalue weighted by Gasteiger charge is -2.17. The van der Waals surface area contributed by atoms with Crippen LogP contribution in [0.2, 0.25) is 0 Å². The highest BCUT2D eigenvalue weighted by Gasteiger charge is 2.42. The summed E-state index contributed by atoms with van der Waals surface area (Å²) in [6.07, 6.45) is 17.4. The van der Waals surface area contributed by atoms with Crippen molar-refractivity contribution in [2.24, 2.45) is 0 Å². The van der Waals surface area contributed by atoms with Crippen LogP contribution < -0.4 is 11.0 Å². The number of unbranched alkanes of at least 4 members (excludes halogenated alkanes) is 9. The van der Waals surface area contributed by atoms with Gasteiger partial charge in [0, 0.05) is 0 Å². The van der Waals surface area contributed by atoms with Crippen molar-refractivity contribution in [1.29, 1.82) is 0 Å². The molecule has 0 saturated carbocycles. The average molecular weight is 538 g/mol. The van der Waals surface area contributed by atoms with E-state index in [0.717, 1.165) is 49.3 Å². The van der Waals surface area contributed by atoms with Gasteiger partial charge in [0.25, 0.3) is 0 Å². The summed E-state index contributed by atoms with van der Waals surface area (Å²) in [6.45, 7) is 3.91. The minimum Gasteiger partial charge on any atom is -0.449 e. The zero-order chi connectivity index (χ0) is 27.8. The third kappa shape index (κ3) is 11.0. The summed E-state index contributed by atoms with van der Waals surface area (Å²) in [6, 6.07) is 0. The summed E-state index contributed by atoms with van der Waals surface area (Å²) in [5, 5.41) is 21.9. The Bertz CT molecular complexity index is 951. The fourth-order valence-corrected chi connectivity index (χ4v) is 4.16. The van der Waals surface area contributed by atoms with E-state index in [2.05, 4.69) is 41.5 Å². The van der Waals surface area contributed by atoms with Gasteiger partial charge in [-0.3, -0.25) is 9.88 Å². The number of aliphatic hydroxyl groups is 2. The predicted octanol–water partition coefficient (Wildman–Crippen LogP) is 5.38. The zero-order valence-electron chi connectivity index (χ0n) is 22.7. The lowest BCUT2D eigenvalue weighted by Crippen LogP contribution is -2.36. The van der Waals surface area contributed by atoms with Crippen molar-refractivity contribution in [3.05, 3.63) is 46.8 Å². The average Bonchev–Trinajstić information content (AvgIpc) is 3.14. The van der Waals surface area contributed by atoms with E-state index in [1.807, 2.05) is 0 Å². The molecule has 1 aromatic heterocycles. The molecule has 9 nitrogen and oxygen atoms in total. The van der Waals surface area contributed by atoms with E-state index < -0.39 is 48.0 Å². The van der Waals surface area contributed by atoms with Gasteiger partial charge in [-0.25, -0.2) is 14.0 Å². The SMILES string of the molecule is CCCCC/C=C\C/C=C\CCCCCCCCOC(=O)Nc1nc(=O)n([C@@H]2O[C@@H](C)[C@H](O)[C@H]2O)cc1F. The van der Waals surface area contributed by atoms with Gasteiger partial charge in [0.15, 0.2) is 17.9 Å². The minimum atomic E-state index is -1.41. The number of aliphatic hydroxyl groups excluding tert-OH is 2. The first-order valence-corrected chi connectivity index (χ1v) is 13.9. The van der Waals surface area contributed by atoms with Crippen LogP contribution in [0.15, 0.2) is 35.3 Å². The molecule has 0 bridgehead atoms. The van der Waals surface area contributed by atoms with Crippen molar-refractivity contribution in [3.63, 3.8) is 0 Å². The van der Waals surface area contributed by atoms with Crippen LogP contribution in [-0.2, 0) is 9.47 Å². The fourth-order valence-electron chi connectivity index (χ4n) is 4.16. The number of rotatable bonds is 17. The van der Waals surface area contributed by atoms with Crippen molar-refractivity contribution < 1.29 is 28.9 Å². The fraction of sp³-hybridized carbons (Fsp3) is 0.679. The lowest BCUT2D eigenvalue weighted by atomic mass is 10.1. The van der Waals surface area contributed by atoms with Crippen molar-refractivity contribution in [1.82, 2.24) is 9.55 Å². The number of hydrogen-bond donors (Lipinski definition) is 3. The zero-order valence-corrected chi connectivity index (χ0v) is 22.7. The molecule has 1 aliphatic heterocycles. The van der Waals surface area contributed by atoms with Crippen LogP contribution in [0.25, 0.3) is 0 Å². The van der Waals surface area contributed by atoms with Crippen molar-refractivity contribution in [2.45, 2.75) is 115 Å². The van der Waals surface area contributed by atoms with Gasteiger partial charge in [0.05, 0.1) is 18.9 Å². The molecular formula is C28H44FN3O6. The van der Waals surface area contributed by atoms with Crippen molar-refractivity contribution in [3.8, 4) is 0 Å². The third-order valence-corrected chi connectivity index (χ3v) is 6.46. The topological polar surface area (TPSA) is 123 Å². The summed E-state index contributed by atoms with van der Waals surface area (Å²) in [7, 11) is 0. The van der Waals surface area contributed by atoms with E-state index in [1.54, 1.807) is 0 Å². The van der Waals surface area contributed by atoms with Crippen LogP contribution in [0.1, 0.15) is 97.1 Å². The minimum absolute atomic E-state index is 0.178. The largest absolute Gasteiger partial charge is 0.449 e. The van der Waals surface area contributed by atoms with Gasteiger partial charge < -0.3 is 19.7 Å². The molecule has 0 radical (unpaired) electrons. The highest BCUT2D eigenvalue weighted by atomic mass is 19.1. The van der Waals surface area contributed by atoms with Gasteiger partial charge in [-0.1, -0.05) is 69.8 Å². The van der Waals surface area contributed by atoms with Gasteiger partial charge in [-0.05, 0) is 45.4 Å². The van der Waals surface area contributed by atoms with Gasteiger partial charge in [-0.15, -0.1) is 0 Å². The first-order chi connectivity index (χ1) is 18.3. The monoisotopic (exact) mass is 537 g/mol. The number of aromatic nitrogens is 2. The number of carbonyl (C=O) groups excluding carboxylic acids is 1. The molecule has 0 aromatic carbocycles. The summed E-state index contributed by atoms with van der Waals surface area (Å²) in [4.78, 5) is 27.7. The smallest absolute Gasteiger partial charge is 0.412 e. The Morgan fingerprint density at radius 1 is 1.05 bits per heavy atom. The Morgan fingerprint density at radius 2 is 1.68 bits per heavy atom. The molecule has 0 spiro atoms. The quantitative estimate of drug-likeness (QED) is 0.180. The number of ether oxygens (including phenoxy) is 2. The molecular weight excluding hydrogens is 493 g/mol. The van der Waals surface area contributed by atoms with Gasteiger partial charge in [-0.2, -0.15) is 4.98 Å². The van der Waals surface area contributed by atoms with E-state index in [1.165, 1.54) is 39.0 Å². The molecule has 10 heteroatoms. The molecule has 0 unspecified atom stereocenters. The summed E-state index contributed by atoms with van der Waals surface area (Å²) < 4.78 is 25.5. The molecule has 2 rings (SSSR count). The molecule has 1 aromatic rings. The summed E-state index contributed by atoms with van der Waals surface area (Å²) in [5.74, 6) is -1.57. The molecule has 38 heavy (non-hydrogen) atoms. The van der Waals surface area contributed by atoms with Crippen LogP contribution in [-0.4, -0.2) is 50.8 Å². The van der Waals surface area contributed by atoms with E-state index >= 15 is 0 Å². The molecule has 1 saturated heterocycles. The maximum Gasteiger partial charge on any atom is 0.412 e. The van der Waals surface area contributed by atoms with E-state index in [0.29, 0.717) is 6.42 Å². The second-order valence-electron chi connectivity index (χ2n) is 9.69. The van der Waals surface area contributed by atoms with E-state index in [4.69, 9.17) is 9.47 Å². The number of allylic oxidation sites excluding steroid dienone is 4. The Labute approximate surface area is 224 Å². The Balaban J connectivity index is 1.54. The molecule has 0 aliphatic carbocycles. The Kier molecular flexibility index (Phi) is 14.9. The number of hydrogen-bond acceptors (Lipinski definition) is 7. The number of nitrogens with one attached hydrogen (secondary N) is 1. The van der Waals surface area contributed by atoms with Crippen LogP contribution in [0.4, 0.5) is 15.0 Å². The number of halogens is 1. The molecule has 2 heterocycles. The Morgan fingerprint density at radius 3 is 2.32 bits per heavy atom. The number of anilines is 1. The van der Waals surface area contributed by atoms with Crippen molar-refractivity contribution in [2.75, 3.05) is 11.9 Å². The maximum absolute atomic E-state index is 14.4. The van der Waals surface area contributed by atoms with Crippen LogP contribution >= 0.6 is 0 Å². The second-order valence-corrected chi connectivity index (χ2v) is 9.69. The highest BCUT2D eigenvalue weighted by molar-refractivity contribution is 5.83. The summed E-state index contributed by atoms with van der Waals surface area (Å²) in [5.41, 5.74) is -0.947. The molecule has 1 amide bonds. The predicted molar refractivity (Wildman–Crippen MR) is 144 cm³/mol. The normalized spacial score (nSPS) is 21.5. The van der Waals surface area contributed by atoms with E-state index in [9.17, 15) is 24.2 Å². The third-order valence-electron chi connectivity index (χ3n) is 6.46. The number of nitrogens with zero attached hydrogens (tertiary/aromatic N) is 2. The van der Waals surface area contributed by atoms with Crippen LogP contribution in [0, 0.1) is 5.82 Å². The molecule has 4 atom stereocenters. The standard InChI is InChI=1S/C28H44FN3O6/c1-3-4-5-6-7-8-9-10-11-12-13-14-15-16-17-18-19-37-28(36)31-25-22(29)20-32(27(35)30-25)26-24(34)23(33)21(2)38-26/h7-8,10-11,20-21,23-24,26,33-34H,3-6,9,12-19H2,1-2H3,(H,30,31,35,36)/b8-7-,11-10-/t21-,23-,24+,26+/m0/s1. The molecule has 1 aliphatic rings. The molecule has 1 fully saturated rings. The highest BCUT2D eigenvalue weighted by Crippen LogP contribution is 2.28. The Hall–Kier alpha value is -2.56.